The van der Waals surface area contributed by atoms with E-state index in [9.17, 15) is 13.2 Å². The van der Waals surface area contributed by atoms with E-state index in [1.54, 1.807) is 18.7 Å². The fraction of sp³-hybridized carbons (Fsp3) is 0.500. The highest BCUT2D eigenvalue weighted by Gasteiger charge is 2.26. The average Bonchev–Trinajstić information content (AvgIpc) is 2.86. The Bertz CT molecular complexity index is 558. The molecule has 0 spiro atoms. The maximum absolute atomic E-state index is 12.1. The highest BCUT2D eigenvalue weighted by atomic mass is 32.2. The van der Waals surface area contributed by atoms with Crippen LogP contribution in [0.5, 0.6) is 0 Å². The molecule has 1 aliphatic rings. The van der Waals surface area contributed by atoms with E-state index in [-0.39, 0.29) is 15.1 Å². The topological polar surface area (TPSA) is 83.5 Å². The monoisotopic (exact) mass is 307 g/mol. The number of hydrogen-bond donors (Lipinski definition) is 2. The number of carboxylic acid groups (broad SMARTS) is 1. The molecule has 0 saturated carbocycles. The maximum atomic E-state index is 12.1. The molecule has 100 valence electrons. The molecular weight excluding hydrogens is 294 g/mol. The number of aryl methyl sites for hydroxylation is 1. The molecule has 1 aromatic rings. The van der Waals surface area contributed by atoms with Gasteiger partial charge < -0.3 is 5.11 Å². The first kappa shape index (κ1) is 13.9. The van der Waals surface area contributed by atoms with E-state index in [2.05, 4.69) is 4.72 Å². The van der Waals surface area contributed by atoms with Crippen molar-refractivity contribution < 1.29 is 18.3 Å². The number of thiophene rings is 1. The third-order valence-corrected chi connectivity index (χ3v) is 6.99. The summed E-state index contributed by atoms with van der Waals surface area (Å²) in [5.74, 6) is 0.641. The lowest BCUT2D eigenvalue weighted by Crippen LogP contribution is -2.34. The van der Waals surface area contributed by atoms with Gasteiger partial charge in [0.25, 0.3) is 0 Å². The number of thioether (sulfide) groups is 1. The Balaban J connectivity index is 2.24. The first-order chi connectivity index (χ1) is 8.40. The Labute approximate surface area is 114 Å². The summed E-state index contributed by atoms with van der Waals surface area (Å²) >= 11 is 2.51. The van der Waals surface area contributed by atoms with Gasteiger partial charge in [-0.05, 0) is 30.7 Å². The van der Waals surface area contributed by atoms with Gasteiger partial charge in [0.05, 0.1) is 0 Å². The molecule has 2 rings (SSSR count). The molecule has 5 nitrogen and oxygen atoms in total. The van der Waals surface area contributed by atoms with Crippen molar-refractivity contribution in [3.63, 3.8) is 0 Å². The van der Waals surface area contributed by atoms with Crippen LogP contribution in [0.25, 0.3) is 0 Å². The van der Waals surface area contributed by atoms with Crippen LogP contribution in [0.3, 0.4) is 0 Å². The van der Waals surface area contributed by atoms with Gasteiger partial charge in [-0.3, -0.25) is 0 Å². The van der Waals surface area contributed by atoms with Gasteiger partial charge in [-0.15, -0.1) is 11.3 Å². The Morgan fingerprint density at radius 3 is 2.78 bits per heavy atom. The van der Waals surface area contributed by atoms with Crippen molar-refractivity contribution in [1.82, 2.24) is 4.72 Å². The van der Waals surface area contributed by atoms with Gasteiger partial charge in [0.2, 0.25) is 10.0 Å². The predicted octanol–water partition coefficient (Wildman–Crippen LogP) is 1.54. The van der Waals surface area contributed by atoms with Gasteiger partial charge >= 0.3 is 5.97 Å². The van der Waals surface area contributed by atoms with Crippen molar-refractivity contribution in [1.29, 1.82) is 0 Å². The molecule has 8 heteroatoms. The van der Waals surface area contributed by atoms with Crippen LogP contribution in [0.4, 0.5) is 0 Å². The standard InChI is InChI=1S/C10H13NO4S3/c1-6-4-8(17-9(6)10(12)13)18(14,15)11-7-2-3-16-5-7/h4,7,11H,2-3,5H2,1H3,(H,12,13). The molecule has 1 aromatic heterocycles. The number of rotatable bonds is 4. The smallest absolute Gasteiger partial charge is 0.346 e. The summed E-state index contributed by atoms with van der Waals surface area (Å²) in [6.45, 7) is 1.60. The van der Waals surface area contributed by atoms with E-state index in [1.165, 1.54) is 6.07 Å². The second-order valence-corrected chi connectivity index (χ2v) is 8.21. The molecule has 2 heterocycles. The number of sulfonamides is 1. The Morgan fingerprint density at radius 1 is 1.56 bits per heavy atom. The summed E-state index contributed by atoms with van der Waals surface area (Å²) in [6, 6.07) is 1.37. The van der Waals surface area contributed by atoms with Crippen LogP contribution >= 0.6 is 23.1 Å². The third kappa shape index (κ3) is 2.87. The second kappa shape index (κ2) is 5.20. The minimum absolute atomic E-state index is 0.0457. The van der Waals surface area contributed by atoms with Crippen LogP contribution in [-0.2, 0) is 10.0 Å². The summed E-state index contributed by atoms with van der Waals surface area (Å²) in [6.07, 6.45) is 0.819. The van der Waals surface area contributed by atoms with E-state index in [1.807, 2.05) is 0 Å². The van der Waals surface area contributed by atoms with Crippen LogP contribution in [0.15, 0.2) is 10.3 Å². The van der Waals surface area contributed by atoms with Crippen LogP contribution in [0, 0.1) is 6.92 Å². The molecule has 0 aliphatic carbocycles. The second-order valence-electron chi connectivity index (χ2n) is 4.06. The molecule has 1 saturated heterocycles. The molecule has 1 aliphatic heterocycles. The number of carbonyl (C=O) groups is 1. The van der Waals surface area contributed by atoms with E-state index < -0.39 is 16.0 Å². The summed E-state index contributed by atoms with van der Waals surface area (Å²) < 4.78 is 26.8. The zero-order valence-electron chi connectivity index (χ0n) is 9.67. The molecule has 2 N–H and O–H groups in total. The lowest BCUT2D eigenvalue weighted by Gasteiger charge is -2.10. The molecule has 1 atom stereocenters. The summed E-state index contributed by atoms with van der Waals surface area (Å²) in [5, 5.41) is 8.92. The number of hydrogen-bond acceptors (Lipinski definition) is 5. The Hall–Kier alpha value is -0.570. The minimum Gasteiger partial charge on any atom is -0.477 e. The van der Waals surface area contributed by atoms with Gasteiger partial charge in [0, 0.05) is 11.8 Å². The van der Waals surface area contributed by atoms with E-state index in [0.717, 1.165) is 29.3 Å². The predicted molar refractivity (Wildman–Crippen MR) is 72.1 cm³/mol. The normalized spacial score (nSPS) is 20.2. The fourth-order valence-electron chi connectivity index (χ4n) is 1.70. The van der Waals surface area contributed by atoms with E-state index >= 15 is 0 Å². The van der Waals surface area contributed by atoms with Crippen LogP contribution < -0.4 is 4.72 Å². The SMILES string of the molecule is Cc1cc(S(=O)(=O)NC2CCSC2)sc1C(=O)O. The fourth-order valence-corrected chi connectivity index (χ4v) is 5.63. The highest BCUT2D eigenvalue weighted by molar-refractivity contribution is 7.99. The van der Waals surface area contributed by atoms with Crippen LogP contribution in [0.2, 0.25) is 0 Å². The van der Waals surface area contributed by atoms with Crippen molar-refractivity contribution >= 4 is 39.1 Å². The molecule has 0 amide bonds. The van der Waals surface area contributed by atoms with Crippen LogP contribution in [-0.4, -0.2) is 37.0 Å². The number of nitrogens with one attached hydrogen (secondary N) is 1. The van der Waals surface area contributed by atoms with E-state index in [0.29, 0.717) is 5.56 Å². The van der Waals surface area contributed by atoms with Gasteiger partial charge in [0.1, 0.15) is 9.09 Å². The molecule has 1 unspecified atom stereocenters. The van der Waals surface area contributed by atoms with Gasteiger partial charge in [-0.1, -0.05) is 0 Å². The van der Waals surface area contributed by atoms with Gasteiger partial charge in [-0.2, -0.15) is 11.8 Å². The van der Waals surface area contributed by atoms with Crippen LogP contribution in [0.1, 0.15) is 21.7 Å². The lowest BCUT2D eigenvalue weighted by molar-refractivity contribution is 0.0701. The van der Waals surface area contributed by atoms with Crippen molar-refractivity contribution in [3.05, 3.63) is 16.5 Å². The number of aromatic carboxylic acids is 1. The Kier molecular flexibility index (Phi) is 4.00. The first-order valence-corrected chi connectivity index (χ1v) is 8.79. The highest BCUT2D eigenvalue weighted by Crippen LogP contribution is 2.27. The van der Waals surface area contributed by atoms with Gasteiger partial charge in [-0.25, -0.2) is 17.9 Å². The molecule has 0 radical (unpaired) electrons. The molecule has 18 heavy (non-hydrogen) atoms. The quantitative estimate of drug-likeness (QED) is 0.881. The summed E-state index contributed by atoms with van der Waals surface area (Å²) in [7, 11) is -3.59. The molecular formula is C10H13NO4S3. The zero-order chi connectivity index (χ0) is 13.3. The maximum Gasteiger partial charge on any atom is 0.346 e. The molecule has 1 fully saturated rings. The molecule has 0 aromatic carbocycles. The van der Waals surface area contributed by atoms with Crippen molar-refractivity contribution in [2.45, 2.75) is 23.6 Å². The van der Waals surface area contributed by atoms with Crippen molar-refractivity contribution in [2.75, 3.05) is 11.5 Å². The zero-order valence-corrected chi connectivity index (χ0v) is 12.1. The van der Waals surface area contributed by atoms with Gasteiger partial charge in [0.15, 0.2) is 0 Å². The first-order valence-electron chi connectivity index (χ1n) is 5.34. The minimum atomic E-state index is -3.59. The lowest BCUT2D eigenvalue weighted by atomic mass is 10.3. The number of carboxylic acids is 1. The van der Waals surface area contributed by atoms with E-state index in [4.69, 9.17) is 5.11 Å². The summed E-state index contributed by atoms with van der Waals surface area (Å²) in [4.78, 5) is 11.0. The van der Waals surface area contributed by atoms with Crippen molar-refractivity contribution in [3.8, 4) is 0 Å². The average molecular weight is 307 g/mol. The van der Waals surface area contributed by atoms with Crippen molar-refractivity contribution in [2.24, 2.45) is 0 Å². The Morgan fingerprint density at radius 2 is 2.28 bits per heavy atom. The largest absolute Gasteiger partial charge is 0.477 e. The summed E-state index contributed by atoms with van der Waals surface area (Å²) in [5.41, 5.74) is 0.480. The molecule has 0 bridgehead atoms. The third-order valence-electron chi connectivity index (χ3n) is 2.61.